The summed E-state index contributed by atoms with van der Waals surface area (Å²) in [5.74, 6) is -0.310. The summed E-state index contributed by atoms with van der Waals surface area (Å²) in [6, 6.07) is 14.6. The zero-order valence-electron chi connectivity index (χ0n) is 18.6. The molecule has 2 heterocycles. The van der Waals surface area contributed by atoms with Gasteiger partial charge in [0.1, 0.15) is 5.82 Å². The Hall–Kier alpha value is -2.85. The summed E-state index contributed by atoms with van der Waals surface area (Å²) >= 11 is 0. The first-order valence-corrected chi connectivity index (χ1v) is 12.6. The fourth-order valence-corrected chi connectivity index (χ4v) is 6.44. The number of ether oxygens (including phenoxy) is 1. The normalized spacial score (nSPS) is 20.5. The fourth-order valence-electron chi connectivity index (χ4n) is 4.89. The predicted octanol–water partition coefficient (Wildman–Crippen LogP) is 3.04. The van der Waals surface area contributed by atoms with Crippen LogP contribution >= 0.6 is 0 Å². The van der Waals surface area contributed by atoms with Crippen LogP contribution in [0.5, 0.6) is 0 Å². The fraction of sp³-hybridized carbons (Fsp3) is 0.320. The van der Waals surface area contributed by atoms with Gasteiger partial charge in [-0.2, -0.15) is 9.40 Å². The lowest BCUT2D eigenvalue weighted by Gasteiger charge is -2.45. The smallest absolute Gasteiger partial charge is 0.243 e. The summed E-state index contributed by atoms with van der Waals surface area (Å²) in [7, 11) is -3.66. The first kappa shape index (κ1) is 22.9. The number of hydrogen-bond donors (Lipinski definition) is 1. The van der Waals surface area contributed by atoms with Crippen molar-refractivity contribution in [3.8, 4) is 5.69 Å². The molecule has 1 atom stereocenters. The molecule has 1 saturated heterocycles. The van der Waals surface area contributed by atoms with E-state index in [-0.39, 0.29) is 30.5 Å². The van der Waals surface area contributed by atoms with Gasteiger partial charge in [-0.1, -0.05) is 23.8 Å². The topological polar surface area (TPSA) is 84.7 Å². The molecule has 34 heavy (non-hydrogen) atoms. The van der Waals surface area contributed by atoms with E-state index in [1.54, 1.807) is 53.3 Å². The van der Waals surface area contributed by atoms with E-state index < -0.39 is 15.4 Å². The Bertz CT molecular complexity index is 1310. The van der Waals surface area contributed by atoms with Crippen molar-refractivity contribution in [1.82, 2.24) is 14.1 Å². The maximum absolute atomic E-state index is 13.4. The van der Waals surface area contributed by atoms with Crippen LogP contribution < -0.4 is 0 Å². The molecule has 0 saturated carbocycles. The maximum atomic E-state index is 13.4. The number of aliphatic hydroxyl groups is 1. The predicted molar refractivity (Wildman–Crippen MR) is 125 cm³/mol. The zero-order chi connectivity index (χ0) is 23.8. The SMILES string of the molecule is O=S(=O)(c1ccccc1)N1CCC2=Cc3c(cnn3-c3ccc(F)cc3)C[C@]2(COCCO)C1. The number of hydrogen-bond acceptors (Lipinski definition) is 5. The van der Waals surface area contributed by atoms with Gasteiger partial charge in [0, 0.05) is 18.5 Å². The van der Waals surface area contributed by atoms with E-state index >= 15 is 0 Å². The molecule has 7 nitrogen and oxygen atoms in total. The largest absolute Gasteiger partial charge is 0.394 e. The third kappa shape index (κ3) is 4.09. The van der Waals surface area contributed by atoms with Crippen LogP contribution in [-0.2, 0) is 21.2 Å². The van der Waals surface area contributed by atoms with E-state index in [4.69, 9.17) is 4.74 Å². The summed E-state index contributed by atoms with van der Waals surface area (Å²) in [6.45, 7) is 1.02. The van der Waals surface area contributed by atoms with Crippen molar-refractivity contribution < 1.29 is 22.7 Å². The van der Waals surface area contributed by atoms with Crippen molar-refractivity contribution in [2.75, 3.05) is 32.9 Å². The van der Waals surface area contributed by atoms with Crippen molar-refractivity contribution in [1.29, 1.82) is 0 Å². The molecule has 1 N–H and O–H groups in total. The third-order valence-electron chi connectivity index (χ3n) is 6.58. The van der Waals surface area contributed by atoms with Crippen molar-refractivity contribution in [3.05, 3.63) is 83.4 Å². The van der Waals surface area contributed by atoms with Gasteiger partial charge in [-0.25, -0.2) is 17.5 Å². The van der Waals surface area contributed by atoms with Crippen molar-refractivity contribution in [2.45, 2.75) is 17.7 Å². The lowest BCUT2D eigenvalue weighted by Crippen LogP contribution is -2.51. The second-order valence-electron chi connectivity index (χ2n) is 8.75. The molecular formula is C25H26FN3O4S. The molecule has 2 aromatic carbocycles. The van der Waals surface area contributed by atoms with Gasteiger partial charge < -0.3 is 9.84 Å². The van der Waals surface area contributed by atoms with Crippen LogP contribution in [-0.4, -0.2) is 60.5 Å². The van der Waals surface area contributed by atoms with Crippen LogP contribution in [0.2, 0.25) is 0 Å². The average molecular weight is 484 g/mol. The minimum absolute atomic E-state index is 0.102. The van der Waals surface area contributed by atoms with Gasteiger partial charge in [0.2, 0.25) is 10.0 Å². The number of sulfonamides is 1. The molecule has 1 aliphatic heterocycles. The lowest BCUT2D eigenvalue weighted by molar-refractivity contribution is 0.0236. The molecular weight excluding hydrogens is 457 g/mol. The highest BCUT2D eigenvalue weighted by atomic mass is 32.2. The highest BCUT2D eigenvalue weighted by Crippen LogP contribution is 2.45. The highest BCUT2D eigenvalue weighted by Gasteiger charge is 2.46. The number of halogens is 1. The van der Waals surface area contributed by atoms with Crippen molar-refractivity contribution in [2.24, 2.45) is 5.41 Å². The number of fused-ring (bicyclic) bond motifs is 2. The molecule has 1 fully saturated rings. The van der Waals surface area contributed by atoms with Crippen LogP contribution in [0.3, 0.4) is 0 Å². The van der Waals surface area contributed by atoms with Gasteiger partial charge >= 0.3 is 0 Å². The van der Waals surface area contributed by atoms with Crippen molar-refractivity contribution in [3.63, 3.8) is 0 Å². The van der Waals surface area contributed by atoms with Crippen LogP contribution in [0.25, 0.3) is 11.8 Å². The van der Waals surface area contributed by atoms with Crippen LogP contribution in [0.1, 0.15) is 17.7 Å². The quantitative estimate of drug-likeness (QED) is 0.522. The first-order valence-electron chi connectivity index (χ1n) is 11.2. The molecule has 0 spiro atoms. The minimum Gasteiger partial charge on any atom is -0.394 e. The Labute approximate surface area is 198 Å². The number of nitrogens with zero attached hydrogens (tertiary/aromatic N) is 3. The molecule has 5 rings (SSSR count). The third-order valence-corrected chi connectivity index (χ3v) is 8.44. The minimum atomic E-state index is -3.66. The molecule has 1 aromatic heterocycles. The molecule has 0 unspecified atom stereocenters. The van der Waals surface area contributed by atoms with E-state index in [1.165, 1.54) is 16.4 Å². The first-order chi connectivity index (χ1) is 16.4. The Balaban J connectivity index is 1.51. The Morgan fingerprint density at radius 1 is 1.12 bits per heavy atom. The van der Waals surface area contributed by atoms with E-state index in [2.05, 4.69) is 11.2 Å². The molecule has 178 valence electrons. The van der Waals surface area contributed by atoms with Gasteiger partial charge in [0.25, 0.3) is 0 Å². The van der Waals surface area contributed by atoms with Gasteiger partial charge in [-0.3, -0.25) is 0 Å². The molecule has 0 amide bonds. The highest BCUT2D eigenvalue weighted by molar-refractivity contribution is 7.89. The Morgan fingerprint density at radius 2 is 1.88 bits per heavy atom. The Kier molecular flexibility index (Phi) is 6.11. The number of rotatable bonds is 7. The standard InChI is InChI=1S/C25H26FN3O4S/c26-21-6-8-22(9-7-21)29-24-14-20-10-11-28(34(31,32)23-4-2-1-3-5-23)17-25(20,18-33-13-12-30)15-19(24)16-27-29/h1-9,14,16,30H,10-13,15,17-18H2/t25-/m1/s1. The molecule has 9 heteroatoms. The maximum Gasteiger partial charge on any atom is 0.243 e. The number of aromatic nitrogens is 2. The van der Waals surface area contributed by atoms with Crippen LogP contribution in [0.15, 0.2) is 71.3 Å². The molecule has 2 aliphatic rings. The molecule has 0 radical (unpaired) electrons. The van der Waals surface area contributed by atoms with Crippen molar-refractivity contribution >= 4 is 16.1 Å². The average Bonchev–Trinajstić information content (AvgIpc) is 3.25. The zero-order valence-corrected chi connectivity index (χ0v) is 19.4. The van der Waals surface area contributed by atoms with E-state index in [0.717, 1.165) is 22.5 Å². The van der Waals surface area contributed by atoms with Crippen LogP contribution in [0.4, 0.5) is 4.39 Å². The molecule has 3 aromatic rings. The summed E-state index contributed by atoms with van der Waals surface area (Å²) in [5.41, 5.74) is 3.19. The monoisotopic (exact) mass is 483 g/mol. The number of benzene rings is 2. The molecule has 0 bridgehead atoms. The lowest BCUT2D eigenvalue weighted by atomic mass is 9.69. The van der Waals surface area contributed by atoms with Crippen LogP contribution in [0, 0.1) is 11.2 Å². The summed E-state index contributed by atoms with van der Waals surface area (Å²) in [6.07, 6.45) is 4.97. The number of piperidine rings is 1. The van der Waals surface area contributed by atoms with E-state index in [9.17, 15) is 17.9 Å². The van der Waals surface area contributed by atoms with Gasteiger partial charge in [-0.05, 0) is 60.9 Å². The van der Waals surface area contributed by atoms with Gasteiger partial charge in [-0.15, -0.1) is 0 Å². The van der Waals surface area contributed by atoms with E-state index in [0.29, 0.717) is 26.0 Å². The van der Waals surface area contributed by atoms with E-state index in [1.807, 2.05) is 0 Å². The Morgan fingerprint density at radius 3 is 2.62 bits per heavy atom. The van der Waals surface area contributed by atoms with Gasteiger partial charge in [0.05, 0.1) is 42.3 Å². The summed E-state index contributed by atoms with van der Waals surface area (Å²) in [5, 5.41) is 13.8. The second kappa shape index (κ2) is 9.07. The number of aliphatic hydroxyl groups excluding tert-OH is 1. The summed E-state index contributed by atoms with van der Waals surface area (Å²) < 4.78 is 49.3. The second-order valence-corrected chi connectivity index (χ2v) is 10.7. The van der Waals surface area contributed by atoms with Gasteiger partial charge in [0.15, 0.2) is 0 Å². The summed E-state index contributed by atoms with van der Waals surface area (Å²) in [4.78, 5) is 0.273. The molecule has 1 aliphatic carbocycles.